The monoisotopic (exact) mass is 325 g/mol. The van der Waals surface area contributed by atoms with Gasteiger partial charge in [-0.25, -0.2) is 4.68 Å². The maximum absolute atomic E-state index is 13.0. The summed E-state index contributed by atoms with van der Waals surface area (Å²) in [5.74, 6) is 3.90. The third-order valence-electron chi connectivity index (χ3n) is 6.40. The van der Waals surface area contributed by atoms with Crippen molar-refractivity contribution in [2.24, 2.45) is 30.7 Å². The van der Waals surface area contributed by atoms with Gasteiger partial charge in [0.25, 0.3) is 5.91 Å². The van der Waals surface area contributed by atoms with Gasteiger partial charge in [0, 0.05) is 25.5 Å². The number of aromatic nitrogens is 4. The quantitative estimate of drug-likeness (QED) is 0.940. The molecule has 0 unspecified atom stereocenters. The highest BCUT2D eigenvalue weighted by atomic mass is 16.1. The predicted molar refractivity (Wildman–Crippen MR) is 88.6 cm³/mol. The molecule has 6 heteroatoms. The van der Waals surface area contributed by atoms with Crippen LogP contribution in [0.15, 0.2) is 24.7 Å². The summed E-state index contributed by atoms with van der Waals surface area (Å²) in [6, 6.07) is 2.20. The average molecular weight is 325 g/mol. The van der Waals surface area contributed by atoms with Gasteiger partial charge in [-0.05, 0) is 61.8 Å². The van der Waals surface area contributed by atoms with Crippen molar-refractivity contribution in [1.29, 1.82) is 0 Å². The van der Waals surface area contributed by atoms with Crippen molar-refractivity contribution in [3.63, 3.8) is 0 Å². The fourth-order valence-electron chi connectivity index (χ4n) is 5.65. The smallest absolute Gasteiger partial charge is 0.256 e. The number of hydrogen-bond acceptors (Lipinski definition) is 3. The highest BCUT2D eigenvalue weighted by molar-refractivity contribution is 5.97. The maximum atomic E-state index is 13.0. The van der Waals surface area contributed by atoms with Crippen LogP contribution in [-0.4, -0.2) is 31.5 Å². The predicted octanol–water partition coefficient (Wildman–Crippen LogP) is 2.16. The van der Waals surface area contributed by atoms with Crippen LogP contribution < -0.4 is 5.32 Å². The molecule has 4 aliphatic rings. The molecule has 24 heavy (non-hydrogen) atoms. The van der Waals surface area contributed by atoms with Crippen molar-refractivity contribution in [3.05, 3.63) is 30.2 Å². The number of hydrogen-bond donors (Lipinski definition) is 1. The molecule has 6 nitrogen and oxygen atoms in total. The van der Waals surface area contributed by atoms with E-state index in [0.717, 1.165) is 17.7 Å². The molecule has 0 aromatic carbocycles. The van der Waals surface area contributed by atoms with Crippen LogP contribution in [-0.2, 0) is 7.05 Å². The third-order valence-corrected chi connectivity index (χ3v) is 6.40. The van der Waals surface area contributed by atoms with Gasteiger partial charge >= 0.3 is 0 Å². The van der Waals surface area contributed by atoms with Crippen LogP contribution in [0.2, 0.25) is 0 Å². The molecular weight excluding hydrogens is 302 g/mol. The Morgan fingerprint density at radius 2 is 1.83 bits per heavy atom. The number of nitrogens with one attached hydrogen (secondary N) is 1. The zero-order valence-corrected chi connectivity index (χ0v) is 13.9. The van der Waals surface area contributed by atoms with Crippen LogP contribution in [0.3, 0.4) is 0 Å². The number of amides is 1. The highest BCUT2D eigenvalue weighted by Crippen LogP contribution is 2.53. The van der Waals surface area contributed by atoms with Gasteiger partial charge in [0.1, 0.15) is 5.56 Å². The maximum Gasteiger partial charge on any atom is 0.256 e. The molecule has 2 aromatic rings. The first kappa shape index (κ1) is 14.3. The minimum atomic E-state index is -0.00827. The number of carbonyl (C=O) groups is 1. The molecule has 2 aromatic heterocycles. The molecule has 1 amide bonds. The molecule has 1 N–H and O–H groups in total. The molecule has 0 atom stereocenters. The van der Waals surface area contributed by atoms with Gasteiger partial charge in [-0.3, -0.25) is 9.48 Å². The lowest BCUT2D eigenvalue weighted by Gasteiger charge is -2.54. The second-order valence-corrected chi connectivity index (χ2v) is 7.89. The average Bonchev–Trinajstić information content (AvgIpc) is 3.19. The zero-order chi connectivity index (χ0) is 16.3. The van der Waals surface area contributed by atoms with Crippen molar-refractivity contribution in [2.75, 3.05) is 0 Å². The fraction of sp³-hybridized carbons (Fsp3) is 0.611. The van der Waals surface area contributed by atoms with Gasteiger partial charge in [-0.1, -0.05) is 0 Å². The zero-order valence-electron chi connectivity index (χ0n) is 13.9. The van der Waals surface area contributed by atoms with Crippen LogP contribution in [0.25, 0.3) is 5.82 Å². The summed E-state index contributed by atoms with van der Waals surface area (Å²) < 4.78 is 3.41. The molecule has 0 saturated heterocycles. The minimum absolute atomic E-state index is 0.00827. The normalized spacial score (nSPS) is 33.8. The van der Waals surface area contributed by atoms with E-state index in [-0.39, 0.29) is 5.91 Å². The first-order valence-corrected chi connectivity index (χ1v) is 9.02. The summed E-state index contributed by atoms with van der Waals surface area (Å²) in [7, 11) is 1.84. The molecule has 0 radical (unpaired) electrons. The number of nitrogens with zero attached hydrogens (tertiary/aromatic N) is 4. The Bertz CT molecular complexity index is 734. The molecule has 4 bridgehead atoms. The van der Waals surface area contributed by atoms with Crippen molar-refractivity contribution in [1.82, 2.24) is 24.9 Å². The third kappa shape index (κ3) is 2.12. The molecule has 0 aliphatic heterocycles. The first-order valence-electron chi connectivity index (χ1n) is 9.02. The molecular formula is C18H23N5O. The first-order chi connectivity index (χ1) is 11.7. The lowest BCUT2D eigenvalue weighted by molar-refractivity contribution is -0.0119. The van der Waals surface area contributed by atoms with Gasteiger partial charge in [0.05, 0.1) is 6.20 Å². The Morgan fingerprint density at radius 1 is 1.12 bits per heavy atom. The van der Waals surface area contributed by atoms with Crippen LogP contribution in [0.1, 0.15) is 42.5 Å². The summed E-state index contributed by atoms with van der Waals surface area (Å²) in [4.78, 5) is 13.0. The molecule has 4 saturated carbocycles. The summed E-state index contributed by atoms with van der Waals surface area (Å²) in [6.45, 7) is 0. The van der Waals surface area contributed by atoms with Crippen LogP contribution >= 0.6 is 0 Å². The van der Waals surface area contributed by atoms with Gasteiger partial charge < -0.3 is 5.32 Å². The van der Waals surface area contributed by atoms with E-state index in [0.29, 0.717) is 23.4 Å². The standard InChI is InChI=1S/C18H23N5O/c1-22-18(23-4-2-3-19-23)15(10-20-22)17(24)21-16-13-6-11-5-12(8-13)9-14(16)7-11/h2-4,10-14,16H,5-9H2,1H3,(H,21,24). The van der Waals surface area contributed by atoms with Gasteiger partial charge in [-0.2, -0.15) is 10.2 Å². The molecule has 6 rings (SSSR count). The molecule has 0 spiro atoms. The van der Waals surface area contributed by atoms with Crippen molar-refractivity contribution >= 4 is 5.91 Å². The molecule has 2 heterocycles. The van der Waals surface area contributed by atoms with E-state index in [1.807, 2.05) is 19.3 Å². The largest absolute Gasteiger partial charge is 0.349 e. The fourth-order valence-corrected chi connectivity index (χ4v) is 5.65. The topological polar surface area (TPSA) is 64.7 Å². The summed E-state index contributed by atoms with van der Waals surface area (Å²) in [6.07, 6.45) is 11.9. The Hall–Kier alpha value is -2.11. The lowest BCUT2D eigenvalue weighted by Crippen LogP contribution is -2.55. The number of carbonyl (C=O) groups excluding carboxylic acids is 1. The summed E-state index contributed by atoms with van der Waals surface area (Å²) in [5.41, 5.74) is 0.606. The Kier molecular flexibility index (Phi) is 3.08. The summed E-state index contributed by atoms with van der Waals surface area (Å²) in [5, 5.41) is 11.9. The number of aryl methyl sites for hydroxylation is 1. The number of rotatable bonds is 3. The van der Waals surface area contributed by atoms with Crippen LogP contribution in [0.4, 0.5) is 0 Å². The molecule has 4 aliphatic carbocycles. The van der Waals surface area contributed by atoms with Gasteiger partial charge in [0.2, 0.25) is 0 Å². The second-order valence-electron chi connectivity index (χ2n) is 7.89. The molecule has 4 fully saturated rings. The Balaban J connectivity index is 1.40. The molecule has 126 valence electrons. The second kappa shape index (κ2) is 5.19. The Labute approximate surface area is 141 Å². The minimum Gasteiger partial charge on any atom is -0.349 e. The highest BCUT2D eigenvalue weighted by Gasteiger charge is 2.48. The van der Waals surface area contributed by atoms with E-state index in [9.17, 15) is 4.79 Å². The van der Waals surface area contributed by atoms with Crippen LogP contribution in [0, 0.1) is 23.7 Å². The van der Waals surface area contributed by atoms with Crippen molar-refractivity contribution in [3.8, 4) is 5.82 Å². The SMILES string of the molecule is Cn1ncc(C(=O)NC2C3CC4CC(C3)CC2C4)c1-n1cccn1. The summed E-state index contributed by atoms with van der Waals surface area (Å²) >= 11 is 0. The van der Waals surface area contributed by atoms with E-state index < -0.39 is 0 Å². The van der Waals surface area contributed by atoms with E-state index in [1.54, 1.807) is 21.8 Å². The van der Waals surface area contributed by atoms with E-state index >= 15 is 0 Å². The van der Waals surface area contributed by atoms with E-state index in [1.165, 1.54) is 32.1 Å². The van der Waals surface area contributed by atoms with Crippen LogP contribution in [0.5, 0.6) is 0 Å². The Morgan fingerprint density at radius 3 is 2.46 bits per heavy atom. The lowest BCUT2D eigenvalue weighted by atomic mass is 9.54. The van der Waals surface area contributed by atoms with E-state index in [2.05, 4.69) is 15.5 Å². The van der Waals surface area contributed by atoms with Gasteiger partial charge in [-0.15, -0.1) is 0 Å². The van der Waals surface area contributed by atoms with Crippen molar-refractivity contribution in [2.45, 2.75) is 38.1 Å². The van der Waals surface area contributed by atoms with E-state index in [4.69, 9.17) is 0 Å². The van der Waals surface area contributed by atoms with Gasteiger partial charge in [0.15, 0.2) is 5.82 Å². The van der Waals surface area contributed by atoms with Crippen molar-refractivity contribution < 1.29 is 4.79 Å².